The number of sulfonamides is 1. The third-order valence-corrected chi connectivity index (χ3v) is 6.22. The maximum absolute atomic E-state index is 12.6. The molecular formula is C15H23ClN2O2S. The fourth-order valence-electron chi connectivity index (χ4n) is 2.72. The molecule has 0 saturated carbocycles. The number of nitrogens with zero attached hydrogens (tertiary/aromatic N) is 2. The molecule has 0 aliphatic carbocycles. The van der Waals surface area contributed by atoms with Crippen molar-refractivity contribution in [1.29, 1.82) is 0 Å². The van der Waals surface area contributed by atoms with Crippen LogP contribution in [0.4, 0.5) is 0 Å². The van der Waals surface area contributed by atoms with Gasteiger partial charge in [0.25, 0.3) is 0 Å². The number of rotatable bonds is 5. The Kier molecular flexibility index (Phi) is 5.66. The van der Waals surface area contributed by atoms with Gasteiger partial charge in [-0.2, -0.15) is 4.31 Å². The highest BCUT2D eigenvalue weighted by Crippen LogP contribution is 2.18. The van der Waals surface area contributed by atoms with Crippen molar-refractivity contribution >= 4 is 21.6 Å². The van der Waals surface area contributed by atoms with Gasteiger partial charge >= 0.3 is 0 Å². The second-order valence-corrected chi connectivity index (χ2v) is 7.85. The van der Waals surface area contributed by atoms with Crippen molar-refractivity contribution in [2.45, 2.75) is 31.0 Å². The lowest BCUT2D eigenvalue weighted by atomic mass is 10.1. The molecule has 1 aliphatic rings. The molecule has 0 spiro atoms. The molecule has 1 heterocycles. The van der Waals surface area contributed by atoms with Crippen LogP contribution in [-0.4, -0.2) is 50.3 Å². The van der Waals surface area contributed by atoms with E-state index >= 15 is 0 Å². The second-order valence-electron chi connectivity index (χ2n) is 5.61. The standard InChI is InChI=1S/C15H23ClN2O2S/c1-3-15-11-18(8-7-17(15)2)21(19,20)12-14-6-4-5-13(9-14)10-16/h4-6,9,15H,3,7-8,10-12H2,1-2H3. The van der Waals surface area contributed by atoms with Crippen molar-refractivity contribution in [3.8, 4) is 0 Å². The predicted molar refractivity (Wildman–Crippen MR) is 86.9 cm³/mol. The van der Waals surface area contributed by atoms with Gasteiger partial charge in [-0.1, -0.05) is 31.2 Å². The van der Waals surface area contributed by atoms with Gasteiger partial charge in [0, 0.05) is 31.6 Å². The lowest BCUT2D eigenvalue weighted by molar-refractivity contribution is 0.144. The molecule has 6 heteroatoms. The van der Waals surface area contributed by atoms with Crippen LogP contribution in [0.1, 0.15) is 24.5 Å². The van der Waals surface area contributed by atoms with Gasteiger partial charge in [-0.15, -0.1) is 11.6 Å². The highest BCUT2D eigenvalue weighted by Gasteiger charge is 2.30. The molecule has 1 saturated heterocycles. The summed E-state index contributed by atoms with van der Waals surface area (Å²) in [6, 6.07) is 7.80. The van der Waals surface area contributed by atoms with E-state index in [1.807, 2.05) is 24.3 Å². The Bertz CT molecular complexity index is 577. The normalized spacial score (nSPS) is 21.6. The monoisotopic (exact) mass is 330 g/mol. The highest BCUT2D eigenvalue weighted by atomic mass is 35.5. The topological polar surface area (TPSA) is 40.6 Å². The number of hydrogen-bond donors (Lipinski definition) is 0. The summed E-state index contributed by atoms with van der Waals surface area (Å²) in [5.41, 5.74) is 1.76. The third kappa shape index (κ3) is 4.19. The average molecular weight is 331 g/mol. The average Bonchev–Trinajstić information content (AvgIpc) is 2.47. The van der Waals surface area contributed by atoms with Crippen molar-refractivity contribution in [3.05, 3.63) is 35.4 Å². The molecule has 21 heavy (non-hydrogen) atoms. The Morgan fingerprint density at radius 3 is 2.67 bits per heavy atom. The Morgan fingerprint density at radius 1 is 1.29 bits per heavy atom. The number of likely N-dealkylation sites (N-methyl/N-ethyl adjacent to an activating group) is 1. The first kappa shape index (κ1) is 16.7. The Balaban J connectivity index is 2.11. The van der Waals surface area contributed by atoms with Crippen molar-refractivity contribution < 1.29 is 8.42 Å². The van der Waals surface area contributed by atoms with Gasteiger partial charge in [0.15, 0.2) is 0 Å². The van der Waals surface area contributed by atoms with Gasteiger partial charge in [0.2, 0.25) is 10.0 Å². The highest BCUT2D eigenvalue weighted by molar-refractivity contribution is 7.88. The Hall–Kier alpha value is -0.620. The van der Waals surface area contributed by atoms with E-state index in [1.54, 1.807) is 4.31 Å². The van der Waals surface area contributed by atoms with E-state index in [0.717, 1.165) is 24.1 Å². The number of alkyl halides is 1. The summed E-state index contributed by atoms with van der Waals surface area (Å²) in [4.78, 5) is 2.24. The fourth-order valence-corrected chi connectivity index (χ4v) is 4.42. The van der Waals surface area contributed by atoms with Crippen LogP contribution in [0.2, 0.25) is 0 Å². The number of halogens is 1. The van der Waals surface area contributed by atoms with Gasteiger partial charge in [-0.3, -0.25) is 0 Å². The molecular weight excluding hydrogens is 308 g/mol. The van der Waals surface area contributed by atoms with Crippen LogP contribution in [0.15, 0.2) is 24.3 Å². The molecule has 1 aliphatic heterocycles. The van der Waals surface area contributed by atoms with E-state index in [9.17, 15) is 8.42 Å². The molecule has 0 bridgehead atoms. The summed E-state index contributed by atoms with van der Waals surface area (Å²) in [5, 5.41) is 0. The van der Waals surface area contributed by atoms with Crippen LogP contribution >= 0.6 is 11.6 Å². The molecule has 1 atom stereocenters. The van der Waals surface area contributed by atoms with Crippen molar-refractivity contribution in [1.82, 2.24) is 9.21 Å². The minimum Gasteiger partial charge on any atom is -0.301 e. The first-order valence-electron chi connectivity index (χ1n) is 7.28. The van der Waals surface area contributed by atoms with Gasteiger partial charge in [-0.05, 0) is 24.6 Å². The molecule has 0 N–H and O–H groups in total. The largest absolute Gasteiger partial charge is 0.301 e. The summed E-state index contributed by atoms with van der Waals surface area (Å²) >= 11 is 5.81. The van der Waals surface area contributed by atoms with Crippen LogP contribution in [0.3, 0.4) is 0 Å². The van der Waals surface area contributed by atoms with Crippen molar-refractivity contribution in [3.63, 3.8) is 0 Å². The third-order valence-electron chi connectivity index (χ3n) is 4.10. The van der Waals surface area contributed by atoms with Crippen LogP contribution < -0.4 is 0 Å². The van der Waals surface area contributed by atoms with E-state index in [2.05, 4.69) is 18.9 Å². The molecule has 0 radical (unpaired) electrons. The molecule has 1 unspecified atom stereocenters. The van der Waals surface area contributed by atoms with Gasteiger partial charge < -0.3 is 4.90 Å². The predicted octanol–water partition coefficient (Wildman–Crippen LogP) is 2.28. The number of benzene rings is 1. The SMILES string of the molecule is CCC1CN(S(=O)(=O)Cc2cccc(CCl)c2)CCN1C. The quantitative estimate of drug-likeness (QED) is 0.778. The maximum atomic E-state index is 12.6. The van der Waals surface area contributed by atoms with Crippen molar-refractivity contribution in [2.24, 2.45) is 0 Å². The van der Waals surface area contributed by atoms with E-state index in [0.29, 0.717) is 25.0 Å². The fraction of sp³-hybridized carbons (Fsp3) is 0.600. The lowest BCUT2D eigenvalue weighted by Gasteiger charge is -2.38. The van der Waals surface area contributed by atoms with Crippen LogP contribution in [0, 0.1) is 0 Å². The molecule has 118 valence electrons. The minimum absolute atomic E-state index is 0.0534. The summed E-state index contributed by atoms with van der Waals surface area (Å²) in [6.45, 7) is 4.05. The Labute approximate surface area is 132 Å². The van der Waals surface area contributed by atoms with Crippen molar-refractivity contribution in [2.75, 3.05) is 26.7 Å². The molecule has 1 fully saturated rings. The molecule has 4 nitrogen and oxygen atoms in total. The van der Waals surface area contributed by atoms with Crippen LogP contribution in [-0.2, 0) is 21.7 Å². The summed E-state index contributed by atoms with van der Waals surface area (Å²) in [6.07, 6.45) is 0.963. The summed E-state index contributed by atoms with van der Waals surface area (Å²) in [5.74, 6) is 0.457. The Morgan fingerprint density at radius 2 is 2.00 bits per heavy atom. The summed E-state index contributed by atoms with van der Waals surface area (Å²) < 4.78 is 26.8. The van der Waals surface area contributed by atoms with E-state index < -0.39 is 10.0 Å². The first-order chi connectivity index (χ1) is 9.96. The molecule has 1 aromatic rings. The van der Waals surface area contributed by atoms with Gasteiger partial charge in [0.05, 0.1) is 5.75 Å². The number of piperazine rings is 1. The zero-order valence-corrected chi connectivity index (χ0v) is 14.2. The molecule has 1 aromatic carbocycles. The zero-order valence-electron chi connectivity index (χ0n) is 12.6. The number of hydrogen-bond acceptors (Lipinski definition) is 3. The smallest absolute Gasteiger partial charge is 0.218 e. The lowest BCUT2D eigenvalue weighted by Crippen LogP contribution is -2.53. The molecule has 2 rings (SSSR count). The molecule has 0 aromatic heterocycles. The zero-order chi connectivity index (χ0) is 15.5. The van der Waals surface area contributed by atoms with E-state index in [1.165, 1.54) is 0 Å². The van der Waals surface area contributed by atoms with Crippen LogP contribution in [0.5, 0.6) is 0 Å². The van der Waals surface area contributed by atoms with E-state index in [-0.39, 0.29) is 5.75 Å². The van der Waals surface area contributed by atoms with Gasteiger partial charge in [-0.25, -0.2) is 8.42 Å². The van der Waals surface area contributed by atoms with E-state index in [4.69, 9.17) is 11.6 Å². The first-order valence-corrected chi connectivity index (χ1v) is 9.42. The van der Waals surface area contributed by atoms with Gasteiger partial charge in [0.1, 0.15) is 0 Å². The molecule has 0 amide bonds. The minimum atomic E-state index is -3.26. The second kappa shape index (κ2) is 7.09. The van der Waals surface area contributed by atoms with Crippen LogP contribution in [0.25, 0.3) is 0 Å². The maximum Gasteiger partial charge on any atom is 0.218 e. The summed E-state index contributed by atoms with van der Waals surface area (Å²) in [7, 11) is -1.21.